The summed E-state index contributed by atoms with van der Waals surface area (Å²) in [7, 11) is 0. The minimum atomic E-state index is -0.212. The fraction of sp³-hybridized carbons (Fsp3) is 0.588. The van der Waals surface area contributed by atoms with Crippen molar-refractivity contribution in [2.45, 2.75) is 31.9 Å². The van der Waals surface area contributed by atoms with E-state index in [-0.39, 0.29) is 11.5 Å². The van der Waals surface area contributed by atoms with Gasteiger partial charge in [-0.3, -0.25) is 9.69 Å². The van der Waals surface area contributed by atoms with Crippen molar-refractivity contribution < 1.29 is 9.53 Å². The number of nitrogens with one attached hydrogen (secondary N) is 1. The van der Waals surface area contributed by atoms with E-state index >= 15 is 0 Å². The quantitative estimate of drug-likeness (QED) is 0.900. The maximum Gasteiger partial charge on any atom is 0.276 e. The number of thiophene rings is 1. The summed E-state index contributed by atoms with van der Waals surface area (Å²) in [6.45, 7) is 6.65. The van der Waals surface area contributed by atoms with Crippen molar-refractivity contribution in [3.05, 3.63) is 33.8 Å². The summed E-state index contributed by atoms with van der Waals surface area (Å²) in [5, 5.41) is 14.8. The summed E-state index contributed by atoms with van der Waals surface area (Å²) in [4.78, 5) is 17.1. The number of H-pyrrole nitrogens is 1. The molecule has 0 bridgehead atoms. The van der Waals surface area contributed by atoms with E-state index in [1.54, 1.807) is 18.3 Å². The number of aromatic amines is 1. The highest BCUT2D eigenvalue weighted by atomic mass is 32.1. The third-order valence-corrected chi connectivity index (χ3v) is 5.95. The number of amides is 1. The molecule has 2 aromatic rings. The zero-order valence-corrected chi connectivity index (χ0v) is 15.2. The molecule has 0 aromatic carbocycles. The summed E-state index contributed by atoms with van der Waals surface area (Å²) >= 11 is 1.74. The van der Waals surface area contributed by atoms with Crippen LogP contribution in [0.3, 0.4) is 0 Å². The van der Waals surface area contributed by atoms with Gasteiger partial charge in [-0.1, -0.05) is 0 Å². The number of morpholine rings is 1. The molecule has 8 heteroatoms. The molecule has 0 saturated carbocycles. The molecule has 0 radical (unpaired) electrons. The number of piperidine rings is 1. The Kier molecular flexibility index (Phi) is 4.58. The van der Waals surface area contributed by atoms with Gasteiger partial charge >= 0.3 is 0 Å². The van der Waals surface area contributed by atoms with Gasteiger partial charge in [0, 0.05) is 26.2 Å². The van der Waals surface area contributed by atoms with Crippen molar-refractivity contribution in [1.82, 2.24) is 25.2 Å². The molecular weight excluding hydrogens is 338 g/mol. The Balaban J connectivity index is 1.38. The van der Waals surface area contributed by atoms with Crippen LogP contribution in [0.1, 0.15) is 34.6 Å². The molecule has 2 saturated heterocycles. The van der Waals surface area contributed by atoms with Gasteiger partial charge in [-0.05, 0) is 42.2 Å². The van der Waals surface area contributed by atoms with E-state index < -0.39 is 0 Å². The first-order valence-electron chi connectivity index (χ1n) is 8.69. The number of ether oxygens (including phenoxy) is 1. The average molecular weight is 361 g/mol. The van der Waals surface area contributed by atoms with Crippen LogP contribution in [0.2, 0.25) is 0 Å². The van der Waals surface area contributed by atoms with Crippen LogP contribution in [0.4, 0.5) is 0 Å². The minimum Gasteiger partial charge on any atom is -0.371 e. The Morgan fingerprint density at radius 2 is 2.20 bits per heavy atom. The molecule has 1 amide bonds. The minimum absolute atomic E-state index is 0.0466. The van der Waals surface area contributed by atoms with Crippen molar-refractivity contribution in [2.75, 3.05) is 32.8 Å². The maximum atomic E-state index is 12.7. The van der Waals surface area contributed by atoms with Crippen LogP contribution in [0, 0.1) is 6.92 Å². The van der Waals surface area contributed by atoms with Crippen molar-refractivity contribution in [1.29, 1.82) is 0 Å². The fourth-order valence-electron chi connectivity index (χ4n) is 3.72. The second kappa shape index (κ2) is 6.86. The van der Waals surface area contributed by atoms with Crippen LogP contribution in [-0.4, -0.2) is 69.5 Å². The number of likely N-dealkylation sites (tertiary alicyclic amines) is 1. The SMILES string of the molecule is Cc1n[nH]nc1C(=O)N1CCOC2(CCN(Cc3ccsc3)CC2)C1. The second-order valence-corrected chi connectivity index (χ2v) is 7.70. The number of aromatic nitrogens is 3. The summed E-state index contributed by atoms with van der Waals surface area (Å²) in [6, 6.07) is 2.19. The van der Waals surface area contributed by atoms with E-state index in [4.69, 9.17) is 4.74 Å². The molecule has 0 atom stereocenters. The van der Waals surface area contributed by atoms with Gasteiger partial charge in [0.2, 0.25) is 0 Å². The first-order chi connectivity index (χ1) is 12.2. The summed E-state index contributed by atoms with van der Waals surface area (Å²) in [5.41, 5.74) is 2.24. The van der Waals surface area contributed by atoms with E-state index in [0.29, 0.717) is 31.1 Å². The van der Waals surface area contributed by atoms with Crippen molar-refractivity contribution in [3.8, 4) is 0 Å². The number of carbonyl (C=O) groups excluding carboxylic acids is 1. The number of hydrogen-bond donors (Lipinski definition) is 1. The van der Waals surface area contributed by atoms with E-state index in [9.17, 15) is 4.79 Å². The van der Waals surface area contributed by atoms with Crippen LogP contribution in [-0.2, 0) is 11.3 Å². The van der Waals surface area contributed by atoms with Crippen LogP contribution < -0.4 is 0 Å². The Labute approximate surface area is 151 Å². The Bertz CT molecular complexity index is 721. The highest BCUT2D eigenvalue weighted by molar-refractivity contribution is 7.07. The molecule has 134 valence electrons. The topological polar surface area (TPSA) is 74.3 Å². The molecule has 1 spiro atoms. The summed E-state index contributed by atoms with van der Waals surface area (Å²) < 4.78 is 6.16. The molecule has 7 nitrogen and oxygen atoms in total. The number of nitrogens with zero attached hydrogens (tertiary/aromatic N) is 4. The molecule has 2 aromatic heterocycles. The van der Waals surface area contributed by atoms with Gasteiger partial charge in [-0.15, -0.1) is 0 Å². The molecule has 4 rings (SSSR count). The zero-order chi connectivity index (χ0) is 17.3. The lowest BCUT2D eigenvalue weighted by Gasteiger charge is -2.47. The van der Waals surface area contributed by atoms with Gasteiger partial charge in [-0.25, -0.2) is 0 Å². The van der Waals surface area contributed by atoms with Crippen LogP contribution in [0.15, 0.2) is 16.8 Å². The molecule has 0 unspecified atom stereocenters. The predicted octanol–water partition coefficient (Wildman–Crippen LogP) is 1.68. The predicted molar refractivity (Wildman–Crippen MR) is 94.5 cm³/mol. The fourth-order valence-corrected chi connectivity index (χ4v) is 4.38. The van der Waals surface area contributed by atoms with Crippen molar-refractivity contribution in [3.63, 3.8) is 0 Å². The molecule has 25 heavy (non-hydrogen) atoms. The highest BCUT2D eigenvalue weighted by Crippen LogP contribution is 2.31. The Morgan fingerprint density at radius 1 is 1.36 bits per heavy atom. The van der Waals surface area contributed by atoms with Crippen LogP contribution in [0.25, 0.3) is 0 Å². The monoisotopic (exact) mass is 361 g/mol. The Morgan fingerprint density at radius 3 is 2.88 bits per heavy atom. The number of aryl methyl sites for hydroxylation is 1. The van der Waals surface area contributed by atoms with E-state index in [0.717, 1.165) is 32.5 Å². The van der Waals surface area contributed by atoms with Crippen LogP contribution in [0.5, 0.6) is 0 Å². The van der Waals surface area contributed by atoms with Crippen LogP contribution >= 0.6 is 11.3 Å². The lowest BCUT2D eigenvalue weighted by molar-refractivity contribution is -0.128. The van der Waals surface area contributed by atoms with E-state index in [1.165, 1.54) is 5.56 Å². The molecule has 2 aliphatic rings. The van der Waals surface area contributed by atoms with Gasteiger partial charge in [0.05, 0.1) is 24.4 Å². The highest BCUT2D eigenvalue weighted by Gasteiger charge is 2.41. The van der Waals surface area contributed by atoms with E-state index in [2.05, 4.69) is 37.1 Å². The van der Waals surface area contributed by atoms with Gasteiger partial charge in [0.1, 0.15) is 0 Å². The largest absolute Gasteiger partial charge is 0.371 e. The maximum absolute atomic E-state index is 12.7. The smallest absolute Gasteiger partial charge is 0.276 e. The molecule has 2 aliphatic heterocycles. The number of carbonyl (C=O) groups is 1. The molecule has 2 fully saturated rings. The van der Waals surface area contributed by atoms with E-state index in [1.807, 2.05) is 4.90 Å². The average Bonchev–Trinajstić information content (AvgIpc) is 3.28. The lowest BCUT2D eigenvalue weighted by Crippen LogP contribution is -2.58. The first kappa shape index (κ1) is 16.7. The molecule has 0 aliphatic carbocycles. The first-order valence-corrected chi connectivity index (χ1v) is 9.64. The molecular formula is C17H23N5O2S. The summed E-state index contributed by atoms with van der Waals surface area (Å²) in [5.74, 6) is -0.0466. The van der Waals surface area contributed by atoms with Gasteiger partial charge in [-0.2, -0.15) is 26.7 Å². The third-order valence-electron chi connectivity index (χ3n) is 5.21. The Hall–Kier alpha value is -1.77. The second-order valence-electron chi connectivity index (χ2n) is 6.92. The van der Waals surface area contributed by atoms with Gasteiger partial charge in [0.25, 0.3) is 5.91 Å². The third kappa shape index (κ3) is 3.47. The molecule has 1 N–H and O–H groups in total. The zero-order valence-electron chi connectivity index (χ0n) is 14.4. The van der Waals surface area contributed by atoms with Gasteiger partial charge < -0.3 is 9.64 Å². The number of rotatable bonds is 3. The standard InChI is InChI=1S/C17H23N5O2S/c1-13-15(19-20-18-13)16(23)22-7-8-24-17(12-22)3-5-21(6-4-17)10-14-2-9-25-11-14/h2,9,11H,3-8,10,12H2,1H3,(H,18,19,20). The normalized spacial score (nSPS) is 20.9. The van der Waals surface area contributed by atoms with Crippen molar-refractivity contribution in [2.24, 2.45) is 0 Å². The number of hydrogen-bond acceptors (Lipinski definition) is 6. The summed E-state index contributed by atoms with van der Waals surface area (Å²) in [6.07, 6.45) is 1.91. The van der Waals surface area contributed by atoms with Crippen molar-refractivity contribution >= 4 is 17.2 Å². The molecule has 4 heterocycles. The lowest BCUT2D eigenvalue weighted by atomic mass is 9.89. The van der Waals surface area contributed by atoms with Gasteiger partial charge in [0.15, 0.2) is 5.69 Å².